The second-order valence-corrected chi connectivity index (χ2v) is 3.63. The molecule has 1 heterocycles. The molecular formula is C7H13N3S. The number of thiazole rings is 1. The van der Waals surface area contributed by atoms with Crippen LogP contribution in [0.4, 0.5) is 5.13 Å². The predicted molar refractivity (Wildman–Crippen MR) is 49.2 cm³/mol. The lowest BCUT2D eigenvalue weighted by Gasteiger charge is -2.04. The van der Waals surface area contributed by atoms with Gasteiger partial charge in [-0.3, -0.25) is 0 Å². The molecule has 0 fully saturated rings. The van der Waals surface area contributed by atoms with Crippen LogP contribution in [0.25, 0.3) is 0 Å². The maximum atomic E-state index is 4.24. The van der Waals surface area contributed by atoms with Crippen molar-refractivity contribution in [1.82, 2.24) is 10.3 Å². The summed E-state index contributed by atoms with van der Waals surface area (Å²) in [5.74, 6) is 0. The summed E-state index contributed by atoms with van der Waals surface area (Å²) in [6, 6.07) is 0. The zero-order chi connectivity index (χ0) is 8.27. The number of hydrogen-bond donors (Lipinski definition) is 1. The number of nitrogens with one attached hydrogen (secondary N) is 1. The number of anilines is 1. The fraction of sp³-hybridized carbons (Fsp3) is 0.571. The minimum absolute atomic E-state index is 0.908. The van der Waals surface area contributed by atoms with Crippen molar-refractivity contribution in [1.29, 1.82) is 0 Å². The number of nitrogens with zero attached hydrogens (tertiary/aromatic N) is 2. The number of aromatic nitrogens is 1. The summed E-state index contributed by atoms with van der Waals surface area (Å²) in [6.07, 6.45) is 1.91. The molecule has 1 aromatic rings. The summed E-state index contributed by atoms with van der Waals surface area (Å²) in [6.45, 7) is 0.908. The molecule has 4 heteroatoms. The molecule has 0 aliphatic carbocycles. The fourth-order valence-corrected chi connectivity index (χ4v) is 1.60. The summed E-state index contributed by atoms with van der Waals surface area (Å²) >= 11 is 1.72. The molecule has 0 atom stereocenters. The first kappa shape index (κ1) is 8.49. The minimum Gasteiger partial charge on any atom is -0.354 e. The van der Waals surface area contributed by atoms with Gasteiger partial charge in [0.25, 0.3) is 0 Å². The van der Waals surface area contributed by atoms with Crippen LogP contribution < -0.4 is 10.2 Å². The molecule has 0 aliphatic rings. The van der Waals surface area contributed by atoms with Crippen LogP contribution in [-0.2, 0) is 6.54 Å². The average Bonchev–Trinajstić information content (AvgIpc) is 2.37. The molecule has 0 aliphatic heterocycles. The van der Waals surface area contributed by atoms with E-state index in [0.29, 0.717) is 0 Å². The third-order valence-corrected chi connectivity index (χ3v) is 2.44. The highest BCUT2D eigenvalue weighted by Gasteiger charge is 2.01. The van der Waals surface area contributed by atoms with Gasteiger partial charge in [-0.15, -0.1) is 11.3 Å². The zero-order valence-electron chi connectivity index (χ0n) is 7.09. The molecule has 0 spiro atoms. The molecule has 1 aromatic heterocycles. The normalized spacial score (nSPS) is 10.1. The Kier molecular flexibility index (Phi) is 2.84. The molecule has 0 saturated carbocycles. The Morgan fingerprint density at radius 1 is 1.64 bits per heavy atom. The van der Waals surface area contributed by atoms with Gasteiger partial charge in [-0.2, -0.15) is 0 Å². The third-order valence-electron chi connectivity index (χ3n) is 1.27. The van der Waals surface area contributed by atoms with Crippen molar-refractivity contribution < 1.29 is 0 Å². The van der Waals surface area contributed by atoms with E-state index in [4.69, 9.17) is 0 Å². The highest BCUT2D eigenvalue weighted by atomic mass is 32.1. The van der Waals surface area contributed by atoms with Crippen LogP contribution in [0.1, 0.15) is 4.88 Å². The van der Waals surface area contributed by atoms with Crippen LogP contribution in [0, 0.1) is 0 Å². The summed E-state index contributed by atoms with van der Waals surface area (Å²) < 4.78 is 0. The quantitative estimate of drug-likeness (QED) is 0.733. The monoisotopic (exact) mass is 171 g/mol. The van der Waals surface area contributed by atoms with Crippen LogP contribution in [0.3, 0.4) is 0 Å². The highest BCUT2D eigenvalue weighted by molar-refractivity contribution is 7.15. The van der Waals surface area contributed by atoms with E-state index in [1.165, 1.54) is 4.88 Å². The summed E-state index contributed by atoms with van der Waals surface area (Å²) in [7, 11) is 5.94. The zero-order valence-corrected chi connectivity index (χ0v) is 7.90. The van der Waals surface area contributed by atoms with Crippen molar-refractivity contribution in [2.24, 2.45) is 0 Å². The van der Waals surface area contributed by atoms with E-state index >= 15 is 0 Å². The molecule has 1 N–H and O–H groups in total. The maximum Gasteiger partial charge on any atom is 0.185 e. The van der Waals surface area contributed by atoms with E-state index in [2.05, 4.69) is 10.3 Å². The van der Waals surface area contributed by atoms with Crippen molar-refractivity contribution in [3.05, 3.63) is 11.1 Å². The minimum atomic E-state index is 0.908. The standard InChI is InChI=1S/C7H13N3S/c1-8-4-6-5-9-7(11-6)10(2)3/h5,8H,4H2,1-3H3. The van der Waals surface area contributed by atoms with Gasteiger partial charge < -0.3 is 10.2 Å². The number of hydrogen-bond acceptors (Lipinski definition) is 4. The van der Waals surface area contributed by atoms with Crippen molar-refractivity contribution in [2.75, 3.05) is 26.0 Å². The first-order valence-corrected chi connectivity index (χ1v) is 4.32. The summed E-state index contributed by atoms with van der Waals surface area (Å²) in [4.78, 5) is 7.53. The van der Waals surface area contributed by atoms with E-state index in [9.17, 15) is 0 Å². The Morgan fingerprint density at radius 3 is 2.82 bits per heavy atom. The molecule has 11 heavy (non-hydrogen) atoms. The molecule has 3 nitrogen and oxygen atoms in total. The molecule has 0 unspecified atom stereocenters. The predicted octanol–water partition coefficient (Wildman–Crippen LogP) is 0.929. The van der Waals surface area contributed by atoms with Gasteiger partial charge in [-0.1, -0.05) is 0 Å². The Hall–Kier alpha value is -0.610. The second kappa shape index (κ2) is 3.69. The summed E-state index contributed by atoms with van der Waals surface area (Å²) in [5.41, 5.74) is 0. The SMILES string of the molecule is CNCc1cnc(N(C)C)s1. The topological polar surface area (TPSA) is 28.2 Å². The van der Waals surface area contributed by atoms with Crippen LogP contribution in [-0.4, -0.2) is 26.1 Å². The summed E-state index contributed by atoms with van der Waals surface area (Å²) in [5, 5.41) is 4.15. The fourth-order valence-electron chi connectivity index (χ4n) is 0.760. The van der Waals surface area contributed by atoms with Crippen LogP contribution >= 0.6 is 11.3 Å². The number of rotatable bonds is 3. The van der Waals surface area contributed by atoms with E-state index in [1.807, 2.05) is 32.2 Å². The van der Waals surface area contributed by atoms with Crippen LogP contribution in [0.15, 0.2) is 6.20 Å². The van der Waals surface area contributed by atoms with E-state index in [-0.39, 0.29) is 0 Å². The largest absolute Gasteiger partial charge is 0.354 e. The second-order valence-electron chi connectivity index (χ2n) is 2.53. The first-order chi connectivity index (χ1) is 5.24. The molecule has 62 valence electrons. The van der Waals surface area contributed by atoms with Gasteiger partial charge in [0, 0.05) is 31.7 Å². The third kappa shape index (κ3) is 2.17. The van der Waals surface area contributed by atoms with Gasteiger partial charge in [0.2, 0.25) is 0 Å². The average molecular weight is 171 g/mol. The van der Waals surface area contributed by atoms with Crippen molar-refractivity contribution >= 4 is 16.5 Å². The Labute approximate surface area is 71.1 Å². The van der Waals surface area contributed by atoms with Crippen molar-refractivity contribution in [3.63, 3.8) is 0 Å². The Bertz CT molecular complexity index is 219. The van der Waals surface area contributed by atoms with Gasteiger partial charge in [-0.25, -0.2) is 4.98 Å². The van der Waals surface area contributed by atoms with E-state index in [1.54, 1.807) is 11.3 Å². The molecule has 0 bridgehead atoms. The lowest BCUT2D eigenvalue weighted by Crippen LogP contribution is -2.07. The van der Waals surface area contributed by atoms with Gasteiger partial charge in [0.05, 0.1) is 0 Å². The van der Waals surface area contributed by atoms with Crippen molar-refractivity contribution in [2.45, 2.75) is 6.54 Å². The molecule has 0 saturated heterocycles. The van der Waals surface area contributed by atoms with E-state index < -0.39 is 0 Å². The Balaban J connectivity index is 2.66. The van der Waals surface area contributed by atoms with E-state index in [0.717, 1.165) is 11.7 Å². The molecule has 0 amide bonds. The smallest absolute Gasteiger partial charge is 0.185 e. The molecule has 0 radical (unpaired) electrons. The van der Waals surface area contributed by atoms with Gasteiger partial charge in [0.15, 0.2) is 5.13 Å². The van der Waals surface area contributed by atoms with Crippen LogP contribution in [0.2, 0.25) is 0 Å². The lowest BCUT2D eigenvalue weighted by atomic mass is 10.5. The maximum absolute atomic E-state index is 4.24. The van der Waals surface area contributed by atoms with Crippen molar-refractivity contribution in [3.8, 4) is 0 Å². The molecular weight excluding hydrogens is 158 g/mol. The highest BCUT2D eigenvalue weighted by Crippen LogP contribution is 2.19. The van der Waals surface area contributed by atoms with Crippen LogP contribution in [0.5, 0.6) is 0 Å². The van der Waals surface area contributed by atoms with Gasteiger partial charge >= 0.3 is 0 Å². The molecule has 1 rings (SSSR count). The Morgan fingerprint density at radius 2 is 2.36 bits per heavy atom. The van der Waals surface area contributed by atoms with Gasteiger partial charge in [0.1, 0.15) is 0 Å². The van der Waals surface area contributed by atoms with Gasteiger partial charge in [-0.05, 0) is 7.05 Å². The molecule has 0 aromatic carbocycles. The lowest BCUT2D eigenvalue weighted by molar-refractivity contribution is 0.829. The first-order valence-electron chi connectivity index (χ1n) is 3.50.